The number of carbonyl (C=O) groups excluding carboxylic acids is 1. The van der Waals surface area contributed by atoms with E-state index >= 15 is 0 Å². The average molecular weight is 418 g/mol. The van der Waals surface area contributed by atoms with E-state index in [1.807, 2.05) is 19.2 Å². The van der Waals surface area contributed by atoms with Crippen LogP contribution in [0.15, 0.2) is 18.3 Å². The monoisotopic (exact) mass is 419 g/mol. The van der Waals surface area contributed by atoms with Crippen LogP contribution in [-0.2, 0) is 31.8 Å². The van der Waals surface area contributed by atoms with Crippen LogP contribution in [0, 0.1) is 0 Å². The second kappa shape index (κ2) is 4.96. The van der Waals surface area contributed by atoms with Crippen molar-refractivity contribution in [1.29, 1.82) is 0 Å². The number of hydrogen-bond donors (Lipinski definition) is 0. The molecule has 3 heterocycles. The Balaban J connectivity index is 0.00000120. The topological polar surface area (TPSA) is 56.5 Å². The van der Waals surface area contributed by atoms with E-state index in [1.54, 1.807) is 6.20 Å². The van der Waals surface area contributed by atoms with E-state index in [2.05, 4.69) is 15.2 Å². The van der Waals surface area contributed by atoms with Crippen LogP contribution < -0.4 is 4.74 Å². The van der Waals surface area contributed by atoms with Gasteiger partial charge in [-0.05, 0) is 18.7 Å². The third-order valence-corrected chi connectivity index (χ3v) is 3.35. The van der Waals surface area contributed by atoms with Crippen LogP contribution in [0.25, 0.3) is 5.32 Å². The Labute approximate surface area is 120 Å². The van der Waals surface area contributed by atoms with Crippen molar-refractivity contribution in [2.24, 2.45) is 0 Å². The fraction of sp³-hybridized carbons (Fsp3) is 0.500. The third kappa shape index (κ3) is 2.16. The number of rotatable bonds is 0. The second-order valence-corrected chi connectivity index (χ2v) is 4.67. The summed E-state index contributed by atoms with van der Waals surface area (Å²) in [5.41, 5.74) is 0.0706. The van der Waals surface area contributed by atoms with Gasteiger partial charge in [0, 0.05) is 46.1 Å². The second-order valence-electron chi connectivity index (χ2n) is 4.67. The first-order valence-corrected chi connectivity index (χ1v) is 5.73. The Morgan fingerprint density at radius 3 is 3.11 bits per heavy atom. The molecular formula is C12H14N3O2Re-. The molecule has 1 aromatic heterocycles. The number of pyridine rings is 1. The maximum absolute atomic E-state index is 12.1. The van der Waals surface area contributed by atoms with E-state index in [0.29, 0.717) is 25.4 Å². The number of ether oxygens (including phenoxy) is 1. The number of hydrogen-bond acceptors (Lipinski definition) is 4. The molecule has 0 bridgehead atoms. The van der Waals surface area contributed by atoms with Gasteiger partial charge in [-0.3, -0.25) is 0 Å². The largest absolute Gasteiger partial charge is 0.646 e. The predicted molar refractivity (Wildman–Crippen MR) is 61.8 cm³/mol. The molecule has 0 N–H and O–H groups in total. The van der Waals surface area contributed by atoms with E-state index in [4.69, 9.17) is 4.74 Å². The molecule has 0 aromatic carbocycles. The molecule has 5 nitrogen and oxygen atoms in total. The van der Waals surface area contributed by atoms with Crippen molar-refractivity contribution in [3.05, 3.63) is 29.2 Å². The van der Waals surface area contributed by atoms with E-state index in [1.165, 1.54) is 0 Å². The van der Waals surface area contributed by atoms with Crippen LogP contribution in [-0.4, -0.2) is 41.5 Å². The van der Waals surface area contributed by atoms with Gasteiger partial charge in [-0.25, -0.2) is 4.98 Å². The van der Waals surface area contributed by atoms with Gasteiger partial charge < -0.3 is 19.7 Å². The number of nitrogens with zero attached hydrogens (tertiary/aromatic N) is 3. The number of likely N-dealkylation sites (N-methyl/N-ethyl adjacent to an activating group) is 1. The van der Waals surface area contributed by atoms with Gasteiger partial charge >= 0.3 is 0 Å². The SMILES string of the molecule is CN1CCC2(C1)Oc1ncccc1C[N-]C2=O.[Re]. The molecule has 2 aliphatic heterocycles. The first kappa shape index (κ1) is 13.5. The number of amides is 1. The smallest absolute Gasteiger partial charge is 0.215 e. The zero-order valence-corrected chi connectivity index (χ0v) is 12.8. The van der Waals surface area contributed by atoms with Gasteiger partial charge in [0.25, 0.3) is 0 Å². The number of carbonyl (C=O) groups is 1. The van der Waals surface area contributed by atoms with Gasteiger partial charge in [-0.2, -0.15) is 0 Å². The predicted octanol–water partition coefficient (Wildman–Crippen LogP) is 0.946. The molecule has 0 aliphatic carbocycles. The van der Waals surface area contributed by atoms with E-state index < -0.39 is 5.60 Å². The Morgan fingerprint density at radius 2 is 2.39 bits per heavy atom. The maximum Gasteiger partial charge on any atom is 0.215 e. The van der Waals surface area contributed by atoms with Crippen LogP contribution >= 0.6 is 0 Å². The van der Waals surface area contributed by atoms with Crippen molar-refractivity contribution in [2.45, 2.75) is 18.6 Å². The van der Waals surface area contributed by atoms with Crippen molar-refractivity contribution >= 4 is 5.91 Å². The molecule has 3 rings (SSSR count). The van der Waals surface area contributed by atoms with Crippen molar-refractivity contribution in [2.75, 3.05) is 20.1 Å². The average Bonchev–Trinajstić information content (AvgIpc) is 2.63. The molecule has 18 heavy (non-hydrogen) atoms. The molecule has 2 aliphatic rings. The zero-order chi connectivity index (χ0) is 11.9. The fourth-order valence-electron chi connectivity index (χ4n) is 2.39. The summed E-state index contributed by atoms with van der Waals surface area (Å²) in [4.78, 5) is 18.4. The molecule has 1 spiro atoms. The maximum atomic E-state index is 12.1. The molecular weight excluding hydrogens is 404 g/mol. The van der Waals surface area contributed by atoms with Crippen molar-refractivity contribution in [3.8, 4) is 5.88 Å². The summed E-state index contributed by atoms with van der Waals surface area (Å²) in [7, 11) is 1.98. The van der Waals surface area contributed by atoms with Crippen molar-refractivity contribution in [1.82, 2.24) is 9.88 Å². The van der Waals surface area contributed by atoms with E-state index in [0.717, 1.165) is 12.1 Å². The molecule has 1 amide bonds. The van der Waals surface area contributed by atoms with Crippen LogP contribution in [0.4, 0.5) is 0 Å². The van der Waals surface area contributed by atoms with Crippen LogP contribution in [0.2, 0.25) is 0 Å². The molecule has 1 aromatic rings. The summed E-state index contributed by atoms with van der Waals surface area (Å²) < 4.78 is 5.89. The molecule has 1 radical (unpaired) electrons. The van der Waals surface area contributed by atoms with Gasteiger partial charge in [0.05, 0.1) is 5.91 Å². The standard InChI is InChI=1S/C12H15N3O2.Re/c1-15-6-4-12(8-15)11(16)14-7-9-3-2-5-13-10(9)17-12;/h2-3,5H,4,6-8H2,1H3,(H,14,16);/p-1. The van der Waals surface area contributed by atoms with Crippen molar-refractivity contribution < 1.29 is 30.0 Å². The minimum atomic E-state index is -0.811. The minimum absolute atomic E-state index is 0. The summed E-state index contributed by atoms with van der Waals surface area (Å²) in [6.45, 7) is 1.81. The Bertz CT molecular complexity index is 468. The van der Waals surface area contributed by atoms with Gasteiger partial charge in [0.15, 0.2) is 5.60 Å². The van der Waals surface area contributed by atoms with Crippen LogP contribution in [0.3, 0.4) is 0 Å². The first-order valence-electron chi connectivity index (χ1n) is 5.73. The van der Waals surface area contributed by atoms with Gasteiger partial charge in [0.1, 0.15) is 0 Å². The van der Waals surface area contributed by atoms with Gasteiger partial charge in [-0.1, -0.05) is 12.6 Å². The normalized spacial score (nSPS) is 26.8. The molecule has 0 saturated carbocycles. The van der Waals surface area contributed by atoms with Crippen LogP contribution in [0.5, 0.6) is 5.88 Å². The number of fused-ring (bicyclic) bond motifs is 1. The Morgan fingerprint density at radius 1 is 1.56 bits per heavy atom. The summed E-state index contributed by atoms with van der Waals surface area (Å²) >= 11 is 0. The Hall–Kier alpha value is -0.958. The number of aromatic nitrogens is 1. The molecule has 6 heteroatoms. The summed E-state index contributed by atoms with van der Waals surface area (Å²) in [6, 6.07) is 3.73. The quantitative estimate of drug-likeness (QED) is 0.630. The molecule has 1 atom stereocenters. The van der Waals surface area contributed by atoms with Gasteiger partial charge in [0.2, 0.25) is 5.88 Å². The summed E-state index contributed by atoms with van der Waals surface area (Å²) in [5, 5.41) is 4.10. The molecule has 1 saturated heterocycles. The van der Waals surface area contributed by atoms with Crippen LogP contribution in [0.1, 0.15) is 12.0 Å². The fourth-order valence-corrected chi connectivity index (χ4v) is 2.39. The summed E-state index contributed by atoms with van der Waals surface area (Å²) in [5.74, 6) is 0.400. The van der Waals surface area contributed by atoms with E-state index in [9.17, 15) is 4.79 Å². The third-order valence-electron chi connectivity index (χ3n) is 3.35. The van der Waals surface area contributed by atoms with Crippen molar-refractivity contribution in [3.63, 3.8) is 0 Å². The first-order chi connectivity index (χ1) is 8.20. The van der Waals surface area contributed by atoms with E-state index in [-0.39, 0.29) is 26.3 Å². The number of likely N-dealkylation sites (tertiary alicyclic amines) is 1. The zero-order valence-electron chi connectivity index (χ0n) is 10.1. The summed E-state index contributed by atoms with van der Waals surface area (Å²) in [6.07, 6.45) is 2.36. The Kier molecular flexibility index (Phi) is 3.72. The van der Waals surface area contributed by atoms with Gasteiger partial charge in [-0.15, -0.1) is 0 Å². The minimum Gasteiger partial charge on any atom is -0.646 e. The molecule has 1 fully saturated rings. The molecule has 1 unspecified atom stereocenters. The molecule has 97 valence electrons.